The summed E-state index contributed by atoms with van der Waals surface area (Å²) >= 11 is 0. The van der Waals surface area contributed by atoms with Crippen molar-refractivity contribution < 1.29 is 9.53 Å². The number of nitrogens with one attached hydrogen (secondary N) is 1. The molecule has 1 aliphatic rings. The minimum absolute atomic E-state index is 0.00443. The molecule has 1 aromatic carbocycles. The van der Waals surface area contributed by atoms with Crippen LogP contribution >= 0.6 is 0 Å². The zero-order valence-electron chi connectivity index (χ0n) is 11.0. The smallest absolute Gasteiger partial charge is 0.231 e. The molecule has 1 saturated heterocycles. The highest BCUT2D eigenvalue weighted by atomic mass is 16.5. The molecule has 0 spiro atoms. The average Bonchev–Trinajstić information content (AvgIpc) is 2.40. The molecule has 0 aromatic heterocycles. The van der Waals surface area contributed by atoms with Crippen LogP contribution in [0.5, 0.6) is 5.75 Å². The molecule has 1 heterocycles. The quantitative estimate of drug-likeness (QED) is 0.865. The first-order valence-electron chi connectivity index (χ1n) is 6.39. The van der Waals surface area contributed by atoms with Crippen molar-refractivity contribution in [1.82, 2.24) is 5.32 Å². The second-order valence-electron chi connectivity index (χ2n) is 4.62. The number of rotatable bonds is 2. The summed E-state index contributed by atoms with van der Waals surface area (Å²) in [5, 5.41) is 3.29. The van der Waals surface area contributed by atoms with E-state index in [-0.39, 0.29) is 11.8 Å². The number of methoxy groups -OCH3 is 1. The molecule has 1 amide bonds. The van der Waals surface area contributed by atoms with Crippen LogP contribution in [-0.4, -0.2) is 32.7 Å². The minimum Gasteiger partial charge on any atom is -0.495 e. The van der Waals surface area contributed by atoms with E-state index in [9.17, 15) is 4.79 Å². The number of carbonyl (C=O) groups excluding carboxylic acids is 1. The number of hydrogen-bond donors (Lipinski definition) is 1. The summed E-state index contributed by atoms with van der Waals surface area (Å²) in [6.07, 6.45) is 0.955. The van der Waals surface area contributed by atoms with E-state index in [1.54, 1.807) is 7.11 Å². The van der Waals surface area contributed by atoms with E-state index in [2.05, 4.69) is 5.32 Å². The highest BCUT2D eigenvalue weighted by Crippen LogP contribution is 2.29. The Morgan fingerprint density at radius 3 is 2.94 bits per heavy atom. The molecule has 1 fully saturated rings. The van der Waals surface area contributed by atoms with E-state index in [0.717, 1.165) is 37.5 Å². The van der Waals surface area contributed by atoms with Crippen LogP contribution in [0.2, 0.25) is 0 Å². The minimum atomic E-state index is -0.00443. The first-order valence-corrected chi connectivity index (χ1v) is 6.39. The van der Waals surface area contributed by atoms with Crippen molar-refractivity contribution in [2.75, 3.05) is 31.6 Å². The molecule has 1 N–H and O–H groups in total. The van der Waals surface area contributed by atoms with Gasteiger partial charge in [-0.2, -0.15) is 0 Å². The van der Waals surface area contributed by atoms with Gasteiger partial charge in [0.05, 0.1) is 12.8 Å². The van der Waals surface area contributed by atoms with Crippen LogP contribution in [0.3, 0.4) is 0 Å². The SMILES string of the molecule is COc1ccccc1N1CCCNCC(C)C1=O. The molecule has 1 unspecified atom stereocenters. The van der Waals surface area contributed by atoms with Gasteiger partial charge in [0.1, 0.15) is 5.75 Å². The monoisotopic (exact) mass is 248 g/mol. The fourth-order valence-electron chi connectivity index (χ4n) is 2.24. The Hall–Kier alpha value is -1.55. The second kappa shape index (κ2) is 5.87. The van der Waals surface area contributed by atoms with Crippen LogP contribution in [-0.2, 0) is 4.79 Å². The zero-order chi connectivity index (χ0) is 13.0. The highest BCUT2D eigenvalue weighted by molar-refractivity contribution is 5.96. The van der Waals surface area contributed by atoms with Gasteiger partial charge in [0.25, 0.3) is 0 Å². The van der Waals surface area contributed by atoms with Crippen LogP contribution in [0.4, 0.5) is 5.69 Å². The van der Waals surface area contributed by atoms with Crippen LogP contribution in [0, 0.1) is 5.92 Å². The maximum atomic E-state index is 12.4. The van der Waals surface area contributed by atoms with Crippen LogP contribution < -0.4 is 15.0 Å². The van der Waals surface area contributed by atoms with Gasteiger partial charge >= 0.3 is 0 Å². The second-order valence-corrected chi connectivity index (χ2v) is 4.62. The third kappa shape index (κ3) is 2.64. The predicted molar refractivity (Wildman–Crippen MR) is 72.0 cm³/mol. The predicted octanol–water partition coefficient (Wildman–Crippen LogP) is 1.66. The highest BCUT2D eigenvalue weighted by Gasteiger charge is 2.25. The van der Waals surface area contributed by atoms with Gasteiger partial charge in [-0.15, -0.1) is 0 Å². The topological polar surface area (TPSA) is 41.6 Å². The molecule has 1 aromatic rings. The van der Waals surface area contributed by atoms with E-state index >= 15 is 0 Å². The zero-order valence-corrected chi connectivity index (χ0v) is 11.0. The molecule has 1 atom stereocenters. The van der Waals surface area contributed by atoms with Crippen molar-refractivity contribution >= 4 is 11.6 Å². The molecule has 0 saturated carbocycles. The van der Waals surface area contributed by atoms with E-state index in [1.165, 1.54) is 0 Å². The molecule has 0 radical (unpaired) electrons. The lowest BCUT2D eigenvalue weighted by atomic mass is 10.1. The molecule has 4 heteroatoms. The first-order chi connectivity index (χ1) is 8.74. The number of hydrogen-bond acceptors (Lipinski definition) is 3. The van der Waals surface area contributed by atoms with E-state index in [0.29, 0.717) is 0 Å². The Bertz CT molecular complexity index is 420. The molecule has 98 valence electrons. The number of benzene rings is 1. The summed E-state index contributed by atoms with van der Waals surface area (Å²) in [7, 11) is 1.64. The van der Waals surface area contributed by atoms with Crippen molar-refractivity contribution in [3.8, 4) is 5.75 Å². The van der Waals surface area contributed by atoms with Crippen molar-refractivity contribution in [2.45, 2.75) is 13.3 Å². The number of carbonyl (C=O) groups is 1. The Labute approximate surface area is 108 Å². The number of nitrogens with zero attached hydrogens (tertiary/aromatic N) is 1. The molecule has 2 rings (SSSR count). The molecule has 4 nitrogen and oxygen atoms in total. The largest absolute Gasteiger partial charge is 0.495 e. The van der Waals surface area contributed by atoms with Crippen molar-refractivity contribution in [3.05, 3.63) is 24.3 Å². The summed E-state index contributed by atoms with van der Waals surface area (Å²) in [4.78, 5) is 14.2. The van der Waals surface area contributed by atoms with Gasteiger partial charge in [-0.1, -0.05) is 19.1 Å². The van der Waals surface area contributed by atoms with Crippen molar-refractivity contribution in [2.24, 2.45) is 5.92 Å². The fourth-order valence-corrected chi connectivity index (χ4v) is 2.24. The van der Waals surface area contributed by atoms with Crippen LogP contribution in [0.15, 0.2) is 24.3 Å². The van der Waals surface area contributed by atoms with Gasteiger partial charge in [0.15, 0.2) is 0 Å². The lowest BCUT2D eigenvalue weighted by Crippen LogP contribution is -2.43. The lowest BCUT2D eigenvalue weighted by molar-refractivity contribution is -0.122. The summed E-state index contributed by atoms with van der Waals surface area (Å²) in [6, 6.07) is 7.69. The molecule has 0 bridgehead atoms. The molecular weight excluding hydrogens is 228 g/mol. The summed E-state index contributed by atoms with van der Waals surface area (Å²) < 4.78 is 5.34. The Morgan fingerprint density at radius 2 is 2.17 bits per heavy atom. The number of amides is 1. The third-order valence-corrected chi connectivity index (χ3v) is 3.25. The van der Waals surface area contributed by atoms with Gasteiger partial charge in [-0.05, 0) is 25.1 Å². The number of para-hydroxylation sites is 2. The fraction of sp³-hybridized carbons (Fsp3) is 0.500. The summed E-state index contributed by atoms with van der Waals surface area (Å²) in [5.41, 5.74) is 0.874. The van der Waals surface area contributed by atoms with E-state index < -0.39 is 0 Å². The molecule has 18 heavy (non-hydrogen) atoms. The average molecular weight is 248 g/mol. The van der Waals surface area contributed by atoms with Gasteiger partial charge in [0, 0.05) is 19.0 Å². The molecule has 1 aliphatic heterocycles. The first kappa shape index (κ1) is 12.9. The summed E-state index contributed by atoms with van der Waals surface area (Å²) in [5.74, 6) is 0.911. The Balaban J connectivity index is 2.30. The van der Waals surface area contributed by atoms with Gasteiger partial charge in [-0.3, -0.25) is 4.79 Å². The summed E-state index contributed by atoms with van der Waals surface area (Å²) in [6.45, 7) is 4.38. The van der Waals surface area contributed by atoms with Gasteiger partial charge in [0.2, 0.25) is 5.91 Å². The maximum Gasteiger partial charge on any atom is 0.231 e. The normalized spacial score (nSPS) is 21.3. The van der Waals surface area contributed by atoms with Gasteiger partial charge in [-0.25, -0.2) is 0 Å². The lowest BCUT2D eigenvalue weighted by Gasteiger charge is -2.29. The Morgan fingerprint density at radius 1 is 1.39 bits per heavy atom. The van der Waals surface area contributed by atoms with Crippen molar-refractivity contribution in [1.29, 1.82) is 0 Å². The van der Waals surface area contributed by atoms with Crippen LogP contribution in [0.25, 0.3) is 0 Å². The standard InChI is InChI=1S/C14H20N2O2/c1-11-10-15-8-5-9-16(14(11)17)12-6-3-4-7-13(12)18-2/h3-4,6-7,11,15H,5,8-10H2,1-2H3. The molecular formula is C14H20N2O2. The number of ether oxygens (including phenoxy) is 1. The third-order valence-electron chi connectivity index (χ3n) is 3.25. The van der Waals surface area contributed by atoms with Crippen LogP contribution in [0.1, 0.15) is 13.3 Å². The molecule has 0 aliphatic carbocycles. The maximum absolute atomic E-state index is 12.4. The van der Waals surface area contributed by atoms with Gasteiger partial charge < -0.3 is 15.0 Å². The number of anilines is 1. The van der Waals surface area contributed by atoms with E-state index in [4.69, 9.17) is 4.74 Å². The van der Waals surface area contributed by atoms with Crippen molar-refractivity contribution in [3.63, 3.8) is 0 Å². The Kier molecular flexibility index (Phi) is 4.20. The van der Waals surface area contributed by atoms with E-state index in [1.807, 2.05) is 36.1 Å².